The van der Waals surface area contributed by atoms with E-state index in [1.54, 1.807) is 10.3 Å². The molecule has 5 heterocycles. The summed E-state index contributed by atoms with van der Waals surface area (Å²) < 4.78 is 5.33. The van der Waals surface area contributed by atoms with Gasteiger partial charge in [-0.3, -0.25) is 9.69 Å². The Kier molecular flexibility index (Phi) is 8.13. The van der Waals surface area contributed by atoms with Crippen molar-refractivity contribution in [1.82, 2.24) is 29.6 Å². The Bertz CT molecular complexity index is 1140. The number of piperazine rings is 1. The molecule has 0 aliphatic carbocycles. The fourth-order valence-electron chi connectivity index (χ4n) is 5.05. The number of aromatic nitrogens is 2. The van der Waals surface area contributed by atoms with Crippen LogP contribution in [0.25, 0.3) is 0 Å². The number of pyridine rings is 1. The molecule has 37 heavy (non-hydrogen) atoms. The van der Waals surface area contributed by atoms with Gasteiger partial charge < -0.3 is 24.8 Å². The lowest BCUT2D eigenvalue weighted by molar-refractivity contribution is 0.0362. The monoisotopic (exact) mass is 524 g/mol. The first-order chi connectivity index (χ1) is 18.1. The lowest BCUT2D eigenvalue weighted by atomic mass is 9.94. The highest BCUT2D eigenvalue weighted by Crippen LogP contribution is 2.27. The van der Waals surface area contributed by atoms with Crippen LogP contribution in [0.4, 0.5) is 15.7 Å². The number of thiazole rings is 1. The van der Waals surface area contributed by atoms with E-state index in [-0.39, 0.29) is 11.9 Å². The maximum Gasteiger partial charge on any atom is 0.320 e. The molecule has 196 valence electrons. The summed E-state index contributed by atoms with van der Waals surface area (Å²) in [5.74, 6) is 0.869. The Balaban J connectivity index is 1.15. The normalized spacial score (nSPS) is 20.9. The van der Waals surface area contributed by atoms with E-state index in [9.17, 15) is 9.59 Å². The van der Waals surface area contributed by atoms with Gasteiger partial charge in [-0.05, 0) is 31.5 Å². The SMILES string of the molecule is N#CCN1CCC[C@@H](c2cccc(Nc3nc(C(=O)N4CCN(C(=O)N5CCOCC5)CC4)cs3)n2)C1. The van der Waals surface area contributed by atoms with E-state index in [1.165, 1.54) is 11.3 Å². The van der Waals surface area contributed by atoms with Gasteiger partial charge in [0.1, 0.15) is 11.5 Å². The van der Waals surface area contributed by atoms with Gasteiger partial charge in [-0.1, -0.05) is 6.07 Å². The van der Waals surface area contributed by atoms with E-state index in [1.807, 2.05) is 28.0 Å². The van der Waals surface area contributed by atoms with Crippen molar-refractivity contribution >= 4 is 34.2 Å². The molecule has 1 N–H and O–H groups in total. The number of ether oxygens (including phenoxy) is 1. The van der Waals surface area contributed by atoms with E-state index < -0.39 is 0 Å². The number of nitrogens with one attached hydrogen (secondary N) is 1. The number of morpholine rings is 1. The van der Waals surface area contributed by atoms with Crippen molar-refractivity contribution in [2.75, 3.05) is 77.4 Å². The molecule has 12 heteroatoms. The van der Waals surface area contributed by atoms with Crippen LogP contribution < -0.4 is 5.32 Å². The first kappa shape index (κ1) is 25.4. The largest absolute Gasteiger partial charge is 0.378 e. The van der Waals surface area contributed by atoms with Crippen LogP contribution in [-0.2, 0) is 4.74 Å². The van der Waals surface area contributed by atoms with Gasteiger partial charge >= 0.3 is 6.03 Å². The number of nitriles is 1. The second-order valence-electron chi connectivity index (χ2n) is 9.50. The summed E-state index contributed by atoms with van der Waals surface area (Å²) in [4.78, 5) is 42.6. The molecule has 3 fully saturated rings. The van der Waals surface area contributed by atoms with Crippen LogP contribution in [-0.4, -0.2) is 114 Å². The highest BCUT2D eigenvalue weighted by Gasteiger charge is 2.29. The van der Waals surface area contributed by atoms with Gasteiger partial charge in [-0.2, -0.15) is 5.26 Å². The highest BCUT2D eigenvalue weighted by atomic mass is 32.1. The number of nitrogens with zero attached hydrogens (tertiary/aromatic N) is 7. The number of anilines is 2. The minimum absolute atomic E-state index is 0.0243. The molecule has 0 unspecified atom stereocenters. The molecular weight excluding hydrogens is 492 g/mol. The smallest absolute Gasteiger partial charge is 0.320 e. The molecule has 5 rings (SSSR count). The van der Waals surface area contributed by atoms with Gasteiger partial charge in [0.2, 0.25) is 0 Å². The topological polar surface area (TPSA) is 118 Å². The number of piperidine rings is 1. The zero-order valence-electron chi connectivity index (χ0n) is 20.8. The van der Waals surface area contributed by atoms with Crippen LogP contribution in [0.5, 0.6) is 0 Å². The minimum Gasteiger partial charge on any atom is -0.378 e. The van der Waals surface area contributed by atoms with Crippen molar-refractivity contribution < 1.29 is 14.3 Å². The molecule has 0 saturated carbocycles. The average Bonchev–Trinajstić information content (AvgIpc) is 3.42. The Hall–Kier alpha value is -3.27. The number of carbonyl (C=O) groups excluding carboxylic acids is 2. The zero-order valence-corrected chi connectivity index (χ0v) is 21.7. The second kappa shape index (κ2) is 11.9. The molecule has 0 aromatic carbocycles. The van der Waals surface area contributed by atoms with Gasteiger partial charge in [0.05, 0.1) is 25.8 Å². The molecule has 3 aliphatic rings. The van der Waals surface area contributed by atoms with Gasteiger partial charge in [-0.15, -0.1) is 11.3 Å². The third-order valence-corrected chi connectivity index (χ3v) is 7.82. The highest BCUT2D eigenvalue weighted by molar-refractivity contribution is 7.14. The summed E-state index contributed by atoms with van der Waals surface area (Å²) in [6.45, 7) is 6.63. The van der Waals surface area contributed by atoms with Crippen LogP contribution in [0.1, 0.15) is 34.9 Å². The third-order valence-electron chi connectivity index (χ3n) is 7.07. The third kappa shape index (κ3) is 6.18. The van der Waals surface area contributed by atoms with Crippen molar-refractivity contribution in [1.29, 1.82) is 5.26 Å². The van der Waals surface area contributed by atoms with E-state index in [0.717, 1.165) is 31.6 Å². The Morgan fingerprint density at radius 3 is 2.59 bits per heavy atom. The van der Waals surface area contributed by atoms with Crippen molar-refractivity contribution in [2.45, 2.75) is 18.8 Å². The zero-order chi connectivity index (χ0) is 25.6. The number of likely N-dealkylation sites (tertiary alicyclic amines) is 1. The molecule has 11 nitrogen and oxygen atoms in total. The molecule has 0 spiro atoms. The first-order valence-corrected chi connectivity index (χ1v) is 13.7. The average molecular weight is 525 g/mol. The first-order valence-electron chi connectivity index (χ1n) is 12.8. The maximum absolute atomic E-state index is 13.1. The van der Waals surface area contributed by atoms with Crippen molar-refractivity contribution in [2.24, 2.45) is 0 Å². The fraction of sp³-hybridized carbons (Fsp3) is 0.560. The molecule has 0 radical (unpaired) electrons. The number of hydrogen-bond donors (Lipinski definition) is 1. The molecule has 3 aliphatic heterocycles. The lowest BCUT2D eigenvalue weighted by Gasteiger charge is -2.38. The summed E-state index contributed by atoms with van der Waals surface area (Å²) in [6.07, 6.45) is 2.11. The summed E-state index contributed by atoms with van der Waals surface area (Å²) in [6, 6.07) is 8.17. The number of urea groups is 1. The molecule has 2 aromatic rings. The predicted molar refractivity (Wildman–Crippen MR) is 139 cm³/mol. The van der Waals surface area contributed by atoms with E-state index in [2.05, 4.69) is 21.3 Å². The number of amides is 3. The van der Waals surface area contributed by atoms with Crippen LogP contribution in [0.3, 0.4) is 0 Å². The van der Waals surface area contributed by atoms with E-state index >= 15 is 0 Å². The van der Waals surface area contributed by atoms with Crippen molar-refractivity contribution in [3.05, 3.63) is 35.0 Å². The fourth-order valence-corrected chi connectivity index (χ4v) is 5.74. The summed E-state index contributed by atoms with van der Waals surface area (Å²) in [7, 11) is 0. The Morgan fingerprint density at radius 1 is 1.05 bits per heavy atom. The summed E-state index contributed by atoms with van der Waals surface area (Å²) >= 11 is 1.37. The number of hydrogen-bond acceptors (Lipinski definition) is 9. The van der Waals surface area contributed by atoms with E-state index in [4.69, 9.17) is 15.0 Å². The molecule has 3 saturated heterocycles. The van der Waals surface area contributed by atoms with Crippen LogP contribution in [0.15, 0.2) is 23.6 Å². The predicted octanol–water partition coefficient (Wildman–Crippen LogP) is 2.19. The van der Waals surface area contributed by atoms with Gasteiger partial charge in [0.15, 0.2) is 5.13 Å². The van der Waals surface area contributed by atoms with Gasteiger partial charge in [-0.25, -0.2) is 14.8 Å². The molecular formula is C25H32N8O3S. The standard InChI is InChI=1S/C25H32N8O3S/c26-6-8-30-7-2-3-19(17-30)20-4-1-5-22(27-20)29-24-28-21(18-37-24)23(34)31-9-11-32(12-10-31)25(35)33-13-15-36-16-14-33/h1,4-5,18-19H,2-3,7-17H2,(H,27,28,29)/t19-/m1/s1. The van der Waals surface area contributed by atoms with Crippen molar-refractivity contribution in [3.63, 3.8) is 0 Å². The molecule has 0 bridgehead atoms. The molecule has 2 aromatic heterocycles. The summed E-state index contributed by atoms with van der Waals surface area (Å²) in [5.41, 5.74) is 1.40. The second-order valence-corrected chi connectivity index (χ2v) is 10.4. The number of carbonyl (C=O) groups is 2. The summed E-state index contributed by atoms with van der Waals surface area (Å²) in [5, 5.41) is 14.6. The van der Waals surface area contributed by atoms with Gasteiger partial charge in [0, 0.05) is 62.8 Å². The van der Waals surface area contributed by atoms with E-state index in [0.29, 0.717) is 81.6 Å². The van der Waals surface area contributed by atoms with Gasteiger partial charge in [0.25, 0.3) is 5.91 Å². The Labute approximate surface area is 220 Å². The van der Waals surface area contributed by atoms with Crippen LogP contribution in [0.2, 0.25) is 0 Å². The van der Waals surface area contributed by atoms with Crippen LogP contribution >= 0.6 is 11.3 Å². The molecule has 3 amide bonds. The van der Waals surface area contributed by atoms with Crippen molar-refractivity contribution in [3.8, 4) is 6.07 Å². The maximum atomic E-state index is 13.1. The Morgan fingerprint density at radius 2 is 1.81 bits per heavy atom. The molecule has 1 atom stereocenters. The lowest BCUT2D eigenvalue weighted by Crippen LogP contribution is -2.55. The minimum atomic E-state index is -0.121. The number of rotatable bonds is 5. The quantitative estimate of drug-likeness (QED) is 0.592. The van der Waals surface area contributed by atoms with Crippen LogP contribution in [0, 0.1) is 11.3 Å².